The van der Waals surface area contributed by atoms with Crippen molar-refractivity contribution in [3.05, 3.63) is 0 Å². The normalized spacial score (nSPS) is 14.2. The fourth-order valence-electron chi connectivity index (χ4n) is 0. The molecule has 0 bridgehead atoms. The molecule has 8 heavy (non-hydrogen) atoms. The second-order valence-electron chi connectivity index (χ2n) is 2.94. The van der Waals surface area contributed by atoms with Gasteiger partial charge in [0.25, 0.3) is 0 Å². The maximum atomic E-state index is 3.55. The Morgan fingerprint density at radius 2 is 0.875 bits per heavy atom. The van der Waals surface area contributed by atoms with Crippen molar-refractivity contribution in [2.75, 3.05) is 0 Å². The zero-order chi connectivity index (χ0) is 7.00. The first-order chi connectivity index (χ1) is 3.25. The van der Waals surface area contributed by atoms with Crippen molar-refractivity contribution >= 4 is 31.9 Å². The average molecular weight is 244 g/mol. The Hall–Kier alpha value is 0.960. The van der Waals surface area contributed by atoms with Crippen LogP contribution in [0.1, 0.15) is 27.7 Å². The molecule has 0 aliphatic heterocycles. The van der Waals surface area contributed by atoms with Gasteiger partial charge >= 0.3 is 0 Å². The molecule has 2 heteroatoms. The molecule has 0 nitrogen and oxygen atoms in total. The van der Waals surface area contributed by atoms with Crippen LogP contribution in [0.25, 0.3) is 0 Å². The van der Waals surface area contributed by atoms with Crippen LogP contribution in [0, 0.1) is 0 Å². The van der Waals surface area contributed by atoms with Gasteiger partial charge in [-0.25, -0.2) is 0 Å². The fraction of sp³-hybridized carbons (Fsp3) is 1.00. The first kappa shape index (κ1) is 8.96. The molecule has 0 aromatic carbocycles. The van der Waals surface area contributed by atoms with Crippen LogP contribution in [0.5, 0.6) is 0 Å². The van der Waals surface area contributed by atoms with Crippen molar-refractivity contribution in [1.29, 1.82) is 0 Å². The number of hydrogen-bond acceptors (Lipinski definition) is 0. The predicted octanol–water partition coefficient (Wildman–Crippen LogP) is 3.33. The standard InChI is InChI=1S/C6H12Br2/c1-5(2,7)6(3,4)8/h1-4H3. The van der Waals surface area contributed by atoms with Gasteiger partial charge in [-0.3, -0.25) is 0 Å². The van der Waals surface area contributed by atoms with E-state index < -0.39 is 0 Å². The molecular formula is C6H12Br2. The summed E-state index contributed by atoms with van der Waals surface area (Å²) in [5.41, 5.74) is 0. The third kappa shape index (κ3) is 2.49. The molecule has 0 aliphatic carbocycles. The van der Waals surface area contributed by atoms with Crippen molar-refractivity contribution < 1.29 is 0 Å². The second kappa shape index (κ2) is 2.30. The van der Waals surface area contributed by atoms with Gasteiger partial charge in [0.2, 0.25) is 0 Å². The van der Waals surface area contributed by atoms with E-state index in [9.17, 15) is 0 Å². The molecule has 0 amide bonds. The van der Waals surface area contributed by atoms with Crippen molar-refractivity contribution in [1.82, 2.24) is 0 Å². The molecule has 0 radical (unpaired) electrons. The van der Waals surface area contributed by atoms with Gasteiger partial charge < -0.3 is 0 Å². The molecule has 0 aromatic heterocycles. The summed E-state index contributed by atoms with van der Waals surface area (Å²) in [6.07, 6.45) is 0. The van der Waals surface area contributed by atoms with E-state index in [1.165, 1.54) is 0 Å². The van der Waals surface area contributed by atoms with Gasteiger partial charge in [0.15, 0.2) is 0 Å². The highest BCUT2D eigenvalue weighted by Gasteiger charge is 2.31. The van der Waals surface area contributed by atoms with E-state index in [4.69, 9.17) is 0 Å². The lowest BCUT2D eigenvalue weighted by Crippen LogP contribution is -2.33. The molecule has 0 N–H and O–H groups in total. The second-order valence-corrected chi connectivity index (χ2v) is 6.91. The summed E-state index contributed by atoms with van der Waals surface area (Å²) in [6.45, 7) is 8.56. The van der Waals surface area contributed by atoms with E-state index >= 15 is 0 Å². The largest absolute Gasteiger partial charge is 0.0844 e. The zero-order valence-electron chi connectivity index (χ0n) is 5.76. The van der Waals surface area contributed by atoms with Crippen molar-refractivity contribution in [3.63, 3.8) is 0 Å². The van der Waals surface area contributed by atoms with Gasteiger partial charge in [0.05, 0.1) is 0 Å². The quantitative estimate of drug-likeness (QED) is 0.620. The van der Waals surface area contributed by atoms with E-state index in [1.54, 1.807) is 0 Å². The summed E-state index contributed by atoms with van der Waals surface area (Å²) in [5.74, 6) is 0. The molecule has 0 aromatic rings. The van der Waals surface area contributed by atoms with Crippen LogP contribution in [0.4, 0.5) is 0 Å². The van der Waals surface area contributed by atoms with Gasteiger partial charge in [-0.1, -0.05) is 31.9 Å². The van der Waals surface area contributed by atoms with Crippen molar-refractivity contribution in [2.24, 2.45) is 0 Å². The summed E-state index contributed by atoms with van der Waals surface area (Å²) in [5, 5.41) is 0. The molecule has 50 valence electrons. The smallest absolute Gasteiger partial charge is 0.0349 e. The lowest BCUT2D eigenvalue weighted by atomic mass is 10.0. The lowest BCUT2D eigenvalue weighted by Gasteiger charge is -2.30. The maximum absolute atomic E-state index is 3.55. The first-order valence-electron chi connectivity index (χ1n) is 2.63. The van der Waals surface area contributed by atoms with Crippen molar-refractivity contribution in [2.45, 2.75) is 36.3 Å². The van der Waals surface area contributed by atoms with Gasteiger partial charge in [0, 0.05) is 8.65 Å². The van der Waals surface area contributed by atoms with E-state index in [-0.39, 0.29) is 8.65 Å². The molecular weight excluding hydrogens is 232 g/mol. The number of alkyl halides is 2. The Bertz CT molecular complexity index is 61.5. The van der Waals surface area contributed by atoms with Crippen LogP contribution in [0.3, 0.4) is 0 Å². The van der Waals surface area contributed by atoms with Crippen LogP contribution >= 0.6 is 31.9 Å². The van der Waals surface area contributed by atoms with E-state index in [0.29, 0.717) is 0 Å². The molecule has 0 unspecified atom stereocenters. The predicted molar refractivity (Wildman–Crippen MR) is 46.0 cm³/mol. The Labute approximate surface area is 68.3 Å². The van der Waals surface area contributed by atoms with E-state index in [1.807, 2.05) is 0 Å². The fourth-order valence-corrected chi connectivity index (χ4v) is 0. The molecule has 0 atom stereocenters. The molecule has 0 saturated carbocycles. The summed E-state index contributed by atoms with van der Waals surface area (Å²) in [4.78, 5) is 0. The number of rotatable bonds is 1. The Balaban J connectivity index is 4.02. The third-order valence-corrected chi connectivity index (χ3v) is 3.93. The van der Waals surface area contributed by atoms with Gasteiger partial charge in [0.1, 0.15) is 0 Å². The average Bonchev–Trinajstić information content (AvgIpc) is 1.25. The number of halogens is 2. The number of hydrogen-bond donors (Lipinski definition) is 0. The van der Waals surface area contributed by atoms with Crippen LogP contribution in [0.2, 0.25) is 0 Å². The minimum atomic E-state index is 0.167. The van der Waals surface area contributed by atoms with Crippen LogP contribution in [-0.4, -0.2) is 8.65 Å². The summed E-state index contributed by atoms with van der Waals surface area (Å²) >= 11 is 7.10. The highest BCUT2D eigenvalue weighted by molar-refractivity contribution is 9.13. The zero-order valence-corrected chi connectivity index (χ0v) is 8.93. The summed E-state index contributed by atoms with van der Waals surface area (Å²) in [7, 11) is 0. The maximum Gasteiger partial charge on any atom is 0.0349 e. The topological polar surface area (TPSA) is 0 Å². The van der Waals surface area contributed by atoms with Gasteiger partial charge in [-0.05, 0) is 27.7 Å². The monoisotopic (exact) mass is 242 g/mol. The highest BCUT2D eigenvalue weighted by Crippen LogP contribution is 2.36. The van der Waals surface area contributed by atoms with Gasteiger partial charge in [-0.15, -0.1) is 0 Å². The highest BCUT2D eigenvalue weighted by atomic mass is 79.9. The van der Waals surface area contributed by atoms with Crippen LogP contribution in [-0.2, 0) is 0 Å². The molecule has 0 saturated heterocycles. The minimum Gasteiger partial charge on any atom is -0.0844 e. The van der Waals surface area contributed by atoms with E-state index in [0.717, 1.165) is 0 Å². The lowest BCUT2D eigenvalue weighted by molar-refractivity contribution is 0.575. The summed E-state index contributed by atoms with van der Waals surface area (Å²) in [6, 6.07) is 0. The Morgan fingerprint density at radius 1 is 0.750 bits per heavy atom. The molecule has 0 rings (SSSR count). The van der Waals surface area contributed by atoms with Crippen LogP contribution in [0.15, 0.2) is 0 Å². The Morgan fingerprint density at radius 3 is 0.875 bits per heavy atom. The third-order valence-electron chi connectivity index (χ3n) is 1.41. The molecule has 0 spiro atoms. The minimum absolute atomic E-state index is 0.167. The van der Waals surface area contributed by atoms with E-state index in [2.05, 4.69) is 59.6 Å². The first-order valence-corrected chi connectivity index (χ1v) is 4.21. The van der Waals surface area contributed by atoms with Crippen molar-refractivity contribution in [3.8, 4) is 0 Å². The molecule has 0 fully saturated rings. The molecule has 0 heterocycles. The SMILES string of the molecule is CC(C)(Br)C(C)(C)Br. The molecule has 0 aliphatic rings. The van der Waals surface area contributed by atoms with Crippen LogP contribution < -0.4 is 0 Å². The van der Waals surface area contributed by atoms with Gasteiger partial charge in [-0.2, -0.15) is 0 Å². The summed E-state index contributed by atoms with van der Waals surface area (Å²) < 4.78 is 0.333. The Kier molecular flexibility index (Phi) is 2.57.